The molecule has 0 atom stereocenters. The fraction of sp³-hybridized carbons (Fsp3) is 0.235. The average molecular weight is 329 g/mol. The van der Waals surface area contributed by atoms with Gasteiger partial charge in [-0.1, -0.05) is 10.8 Å². The highest BCUT2D eigenvalue weighted by atomic mass is 32.1. The van der Waals surface area contributed by atoms with Crippen LogP contribution in [0, 0.1) is 13.8 Å². The number of hydrazone groups is 1. The van der Waals surface area contributed by atoms with Crippen molar-refractivity contribution in [2.24, 2.45) is 0 Å². The predicted molar refractivity (Wildman–Crippen MR) is 88.6 cm³/mol. The van der Waals surface area contributed by atoms with Crippen LogP contribution in [0.2, 0.25) is 0 Å². The van der Waals surface area contributed by atoms with Gasteiger partial charge in [0.05, 0.1) is 11.1 Å². The Kier molecular flexibility index (Phi) is 4.00. The zero-order valence-electron chi connectivity index (χ0n) is 12.9. The van der Waals surface area contributed by atoms with Crippen molar-refractivity contribution in [1.29, 1.82) is 0 Å². The standard InChI is InChI=1S/C17H16N2O3S/c1-10-8-14(11(2)23-10)15-6-7-16(20)18-19(15)13-5-3-4-12(9-13)17(21)22/h3-5,8-9H,6-7H2,1-2H3,(H-,18,20,21,22)/p+1. The van der Waals surface area contributed by atoms with Crippen LogP contribution in [0.3, 0.4) is 0 Å². The van der Waals surface area contributed by atoms with E-state index in [-0.39, 0.29) is 11.5 Å². The van der Waals surface area contributed by atoms with Crippen molar-refractivity contribution in [3.63, 3.8) is 0 Å². The highest BCUT2D eigenvalue weighted by Crippen LogP contribution is 2.26. The van der Waals surface area contributed by atoms with Crippen molar-refractivity contribution in [2.75, 3.05) is 0 Å². The molecule has 0 fully saturated rings. The van der Waals surface area contributed by atoms with Crippen LogP contribution in [0.1, 0.15) is 38.5 Å². The number of rotatable bonds is 3. The Morgan fingerprint density at radius 3 is 2.70 bits per heavy atom. The van der Waals surface area contributed by atoms with Gasteiger partial charge in [0.25, 0.3) is 5.91 Å². The summed E-state index contributed by atoms with van der Waals surface area (Å²) in [5.74, 6) is -1.06. The second-order valence-corrected chi connectivity index (χ2v) is 6.96. The second kappa shape index (κ2) is 5.96. The molecule has 0 bridgehead atoms. The van der Waals surface area contributed by atoms with Crippen LogP contribution < -0.4 is 5.43 Å². The Balaban J connectivity index is 2.17. The molecule has 23 heavy (non-hydrogen) atoms. The molecular formula is C17H17N2O3S+. The van der Waals surface area contributed by atoms with Crippen molar-refractivity contribution in [1.82, 2.24) is 5.43 Å². The number of carbonyl (C=O) groups is 2. The van der Waals surface area contributed by atoms with E-state index in [9.17, 15) is 14.7 Å². The molecule has 2 aromatic rings. The van der Waals surface area contributed by atoms with Crippen molar-refractivity contribution < 1.29 is 19.4 Å². The number of aromatic carboxylic acids is 1. The SMILES string of the molecule is Cc1cc(C2=[N+](c3cccc(C(=O)O)c3)NC(=O)CC2)c(C)s1. The Labute approximate surface area is 137 Å². The molecule has 0 radical (unpaired) electrons. The van der Waals surface area contributed by atoms with E-state index in [0.717, 1.165) is 11.3 Å². The van der Waals surface area contributed by atoms with Crippen LogP contribution in [0.4, 0.5) is 5.69 Å². The van der Waals surface area contributed by atoms with Gasteiger partial charge in [0.2, 0.25) is 11.4 Å². The minimum atomic E-state index is -0.987. The Morgan fingerprint density at radius 1 is 1.26 bits per heavy atom. The van der Waals surface area contributed by atoms with Gasteiger partial charge < -0.3 is 5.11 Å². The number of hydrazine groups is 1. The Hall–Kier alpha value is -2.47. The summed E-state index contributed by atoms with van der Waals surface area (Å²) in [5.41, 5.74) is 5.80. The van der Waals surface area contributed by atoms with Gasteiger partial charge in [-0.15, -0.1) is 16.8 Å². The summed E-state index contributed by atoms with van der Waals surface area (Å²) in [6.45, 7) is 4.11. The molecule has 1 amide bonds. The monoisotopic (exact) mass is 329 g/mol. The molecule has 0 saturated heterocycles. The topological polar surface area (TPSA) is 69.4 Å². The zero-order chi connectivity index (χ0) is 16.6. The molecule has 0 spiro atoms. The van der Waals surface area contributed by atoms with Crippen LogP contribution in [0.5, 0.6) is 0 Å². The van der Waals surface area contributed by atoms with Crippen LogP contribution >= 0.6 is 11.3 Å². The Morgan fingerprint density at radius 2 is 2.04 bits per heavy atom. The molecule has 0 aliphatic carbocycles. The maximum atomic E-state index is 11.9. The predicted octanol–water partition coefficient (Wildman–Crippen LogP) is 3.02. The first kappa shape index (κ1) is 15.4. The van der Waals surface area contributed by atoms with E-state index < -0.39 is 5.97 Å². The van der Waals surface area contributed by atoms with Crippen molar-refractivity contribution in [3.8, 4) is 0 Å². The highest BCUT2D eigenvalue weighted by Gasteiger charge is 2.30. The van der Waals surface area contributed by atoms with E-state index in [4.69, 9.17) is 0 Å². The van der Waals surface area contributed by atoms with Gasteiger partial charge in [-0.05, 0) is 26.0 Å². The van der Waals surface area contributed by atoms with E-state index in [1.165, 1.54) is 15.8 Å². The minimum Gasteiger partial charge on any atom is -0.478 e. The number of hydrogen-bond acceptors (Lipinski definition) is 3. The van der Waals surface area contributed by atoms with Gasteiger partial charge in [0, 0.05) is 34.7 Å². The van der Waals surface area contributed by atoms with E-state index in [2.05, 4.69) is 25.3 Å². The minimum absolute atomic E-state index is 0.0703. The number of nitrogens with zero attached hydrogens (tertiary/aromatic N) is 1. The third kappa shape index (κ3) is 3.03. The number of amides is 1. The van der Waals surface area contributed by atoms with Gasteiger partial charge >= 0.3 is 5.97 Å². The average Bonchev–Trinajstić information content (AvgIpc) is 2.86. The summed E-state index contributed by atoms with van der Waals surface area (Å²) in [4.78, 5) is 25.4. The third-order valence-corrected chi connectivity index (χ3v) is 4.76. The first-order valence-corrected chi connectivity index (χ1v) is 8.13. The van der Waals surface area contributed by atoms with Crippen molar-refractivity contribution in [3.05, 3.63) is 51.2 Å². The zero-order valence-corrected chi connectivity index (χ0v) is 13.7. The maximum Gasteiger partial charge on any atom is 0.335 e. The molecule has 0 saturated carbocycles. The van der Waals surface area contributed by atoms with Gasteiger partial charge in [-0.25, -0.2) is 4.79 Å². The summed E-state index contributed by atoms with van der Waals surface area (Å²) in [6, 6.07) is 8.70. The second-order valence-electron chi connectivity index (χ2n) is 5.50. The molecule has 2 N–H and O–H groups in total. The largest absolute Gasteiger partial charge is 0.478 e. The van der Waals surface area contributed by atoms with Crippen LogP contribution in [-0.4, -0.2) is 27.4 Å². The molecule has 1 aromatic carbocycles. The van der Waals surface area contributed by atoms with Gasteiger partial charge in [-0.2, -0.15) is 0 Å². The van der Waals surface area contributed by atoms with E-state index in [1.807, 2.05) is 0 Å². The quantitative estimate of drug-likeness (QED) is 0.851. The molecule has 0 unspecified atom stereocenters. The van der Waals surface area contributed by atoms with Gasteiger partial charge in [-0.3, -0.25) is 4.79 Å². The molecular weight excluding hydrogens is 312 g/mol. The number of thiophene rings is 1. The highest BCUT2D eigenvalue weighted by molar-refractivity contribution is 7.12. The third-order valence-electron chi connectivity index (χ3n) is 3.80. The first-order valence-electron chi connectivity index (χ1n) is 7.32. The van der Waals surface area contributed by atoms with E-state index in [0.29, 0.717) is 18.5 Å². The number of carbonyl (C=O) groups excluding carboxylic acids is 1. The number of benzene rings is 1. The van der Waals surface area contributed by atoms with E-state index >= 15 is 0 Å². The fourth-order valence-electron chi connectivity index (χ4n) is 2.76. The lowest BCUT2D eigenvalue weighted by atomic mass is 10.0. The van der Waals surface area contributed by atoms with Crippen molar-refractivity contribution >= 4 is 34.6 Å². The van der Waals surface area contributed by atoms with Gasteiger partial charge in [0.1, 0.15) is 0 Å². The molecule has 2 heterocycles. The number of hydrogen-bond donors (Lipinski definition) is 2. The molecule has 3 rings (SSSR count). The lowest BCUT2D eigenvalue weighted by molar-refractivity contribution is -0.496. The summed E-state index contributed by atoms with van der Waals surface area (Å²) in [7, 11) is 0. The van der Waals surface area contributed by atoms with Crippen LogP contribution in [0.25, 0.3) is 0 Å². The Bertz CT molecular complexity index is 836. The first-order chi connectivity index (χ1) is 11.0. The number of carboxylic acids is 1. The smallest absolute Gasteiger partial charge is 0.335 e. The summed E-state index contributed by atoms with van der Waals surface area (Å²) >= 11 is 1.71. The normalized spacial score (nSPS) is 14.8. The lowest BCUT2D eigenvalue weighted by Gasteiger charge is -2.14. The summed E-state index contributed by atoms with van der Waals surface area (Å²) in [6.07, 6.45) is 1.05. The number of nitrogens with one attached hydrogen (secondary N) is 1. The summed E-state index contributed by atoms with van der Waals surface area (Å²) in [5, 5.41) is 9.18. The molecule has 118 valence electrons. The number of aryl methyl sites for hydroxylation is 2. The van der Waals surface area contributed by atoms with Crippen molar-refractivity contribution in [2.45, 2.75) is 26.7 Å². The van der Waals surface area contributed by atoms with Gasteiger partial charge in [0.15, 0.2) is 0 Å². The molecule has 5 nitrogen and oxygen atoms in total. The molecule has 1 aliphatic heterocycles. The summed E-state index contributed by atoms with van der Waals surface area (Å²) < 4.78 is 1.72. The number of carboxylic acid groups (broad SMARTS) is 1. The van der Waals surface area contributed by atoms with E-state index in [1.54, 1.807) is 34.2 Å². The maximum absolute atomic E-state index is 11.9. The molecule has 6 heteroatoms. The molecule has 1 aromatic heterocycles. The lowest BCUT2D eigenvalue weighted by Crippen LogP contribution is -2.41. The molecule has 1 aliphatic rings. The van der Waals surface area contributed by atoms with Crippen LogP contribution in [0.15, 0.2) is 30.3 Å². The fourth-order valence-corrected chi connectivity index (χ4v) is 3.71. The van der Waals surface area contributed by atoms with Crippen LogP contribution in [-0.2, 0) is 4.79 Å².